The van der Waals surface area contributed by atoms with E-state index in [0.717, 1.165) is 4.90 Å². The zero-order valence-corrected chi connectivity index (χ0v) is 11.0. The summed E-state index contributed by atoms with van der Waals surface area (Å²) in [6.07, 6.45) is 0. The number of hydrogen-bond donors (Lipinski definition) is 2. The van der Waals surface area contributed by atoms with Crippen LogP contribution in [0.2, 0.25) is 10.0 Å². The largest absolute Gasteiger partial charge is 0.368 e. The molecule has 88 valence electrons. The third kappa shape index (κ3) is 3.87. The van der Waals surface area contributed by atoms with Crippen LogP contribution in [0.1, 0.15) is 0 Å². The van der Waals surface area contributed by atoms with E-state index in [1.54, 1.807) is 19.2 Å². The predicted octanol–water partition coefficient (Wildman–Crippen LogP) is 2.16. The SMILES string of the molecule is CNC(CSc1ccc(Cl)c(Cl)c1)C(N)=O. The number of nitrogens with two attached hydrogens (primary N) is 1. The Morgan fingerprint density at radius 2 is 2.19 bits per heavy atom. The molecule has 3 nitrogen and oxygen atoms in total. The summed E-state index contributed by atoms with van der Waals surface area (Å²) in [7, 11) is 1.70. The molecule has 1 rings (SSSR count). The molecule has 1 atom stereocenters. The van der Waals surface area contributed by atoms with Gasteiger partial charge in [0.1, 0.15) is 0 Å². The molecule has 0 aromatic heterocycles. The molecule has 0 radical (unpaired) electrons. The molecular formula is C10H12Cl2N2OS. The van der Waals surface area contributed by atoms with Crippen molar-refractivity contribution in [3.05, 3.63) is 28.2 Å². The molecule has 0 bridgehead atoms. The number of rotatable bonds is 5. The van der Waals surface area contributed by atoms with Crippen molar-refractivity contribution in [2.75, 3.05) is 12.8 Å². The van der Waals surface area contributed by atoms with Crippen molar-refractivity contribution in [2.24, 2.45) is 5.73 Å². The molecule has 1 unspecified atom stereocenters. The minimum atomic E-state index is -0.366. The summed E-state index contributed by atoms with van der Waals surface area (Å²) in [6, 6.07) is 5.00. The van der Waals surface area contributed by atoms with E-state index in [0.29, 0.717) is 15.8 Å². The Kier molecular flexibility index (Phi) is 5.41. The Balaban J connectivity index is 2.60. The van der Waals surface area contributed by atoms with Crippen LogP contribution in [0.15, 0.2) is 23.1 Å². The number of hydrogen-bond acceptors (Lipinski definition) is 3. The van der Waals surface area contributed by atoms with Crippen LogP contribution < -0.4 is 11.1 Å². The van der Waals surface area contributed by atoms with E-state index in [4.69, 9.17) is 28.9 Å². The van der Waals surface area contributed by atoms with Crippen molar-refractivity contribution < 1.29 is 4.79 Å². The van der Waals surface area contributed by atoms with E-state index in [2.05, 4.69) is 5.32 Å². The van der Waals surface area contributed by atoms with Gasteiger partial charge >= 0.3 is 0 Å². The molecule has 0 heterocycles. The highest BCUT2D eigenvalue weighted by molar-refractivity contribution is 7.99. The second-order valence-corrected chi connectivity index (χ2v) is 5.04. The number of nitrogens with one attached hydrogen (secondary N) is 1. The molecule has 0 spiro atoms. The van der Waals surface area contributed by atoms with Gasteiger partial charge in [-0.05, 0) is 25.2 Å². The van der Waals surface area contributed by atoms with Gasteiger partial charge in [0.05, 0.1) is 16.1 Å². The number of primary amides is 1. The maximum Gasteiger partial charge on any atom is 0.235 e. The molecule has 16 heavy (non-hydrogen) atoms. The van der Waals surface area contributed by atoms with Gasteiger partial charge in [0.15, 0.2) is 0 Å². The van der Waals surface area contributed by atoms with Gasteiger partial charge in [0, 0.05) is 10.6 Å². The van der Waals surface area contributed by atoms with Crippen LogP contribution in [0.3, 0.4) is 0 Å². The van der Waals surface area contributed by atoms with Crippen molar-refractivity contribution in [1.82, 2.24) is 5.32 Å². The topological polar surface area (TPSA) is 55.1 Å². The Morgan fingerprint density at radius 3 is 2.69 bits per heavy atom. The smallest absolute Gasteiger partial charge is 0.235 e. The molecular weight excluding hydrogens is 267 g/mol. The first-order valence-electron chi connectivity index (χ1n) is 4.59. The fraction of sp³-hybridized carbons (Fsp3) is 0.300. The third-order valence-corrected chi connectivity index (χ3v) is 3.83. The lowest BCUT2D eigenvalue weighted by Crippen LogP contribution is -2.41. The average molecular weight is 279 g/mol. The molecule has 0 saturated carbocycles. The Labute approximate surface area is 109 Å². The van der Waals surface area contributed by atoms with E-state index >= 15 is 0 Å². The minimum Gasteiger partial charge on any atom is -0.368 e. The van der Waals surface area contributed by atoms with Crippen LogP contribution in [0.25, 0.3) is 0 Å². The van der Waals surface area contributed by atoms with Gasteiger partial charge in [-0.15, -0.1) is 11.8 Å². The molecule has 0 aliphatic carbocycles. The van der Waals surface area contributed by atoms with Crippen molar-refractivity contribution >= 4 is 40.9 Å². The summed E-state index contributed by atoms with van der Waals surface area (Å²) in [6.45, 7) is 0. The summed E-state index contributed by atoms with van der Waals surface area (Å²) in [5, 5.41) is 3.87. The Bertz CT molecular complexity index is 387. The van der Waals surface area contributed by atoms with Crippen molar-refractivity contribution in [1.29, 1.82) is 0 Å². The lowest BCUT2D eigenvalue weighted by molar-refractivity contribution is -0.119. The van der Waals surface area contributed by atoms with Crippen molar-refractivity contribution in [2.45, 2.75) is 10.9 Å². The Hall–Kier alpha value is -0.420. The number of carbonyl (C=O) groups is 1. The summed E-state index contributed by atoms with van der Waals surface area (Å²) < 4.78 is 0. The van der Waals surface area contributed by atoms with Gasteiger partial charge in [0.25, 0.3) is 0 Å². The number of benzene rings is 1. The van der Waals surface area contributed by atoms with Crippen molar-refractivity contribution in [3.63, 3.8) is 0 Å². The van der Waals surface area contributed by atoms with Gasteiger partial charge < -0.3 is 11.1 Å². The summed E-state index contributed by atoms with van der Waals surface area (Å²) >= 11 is 13.2. The quantitative estimate of drug-likeness (QED) is 0.812. The highest BCUT2D eigenvalue weighted by Crippen LogP contribution is 2.28. The lowest BCUT2D eigenvalue weighted by Gasteiger charge is -2.11. The first-order chi connectivity index (χ1) is 7.54. The van der Waals surface area contributed by atoms with E-state index in [1.165, 1.54) is 11.8 Å². The molecule has 0 aliphatic rings. The summed E-state index contributed by atoms with van der Waals surface area (Å²) in [5.74, 6) is 0.194. The van der Waals surface area contributed by atoms with E-state index in [-0.39, 0.29) is 11.9 Å². The molecule has 0 fully saturated rings. The minimum absolute atomic E-state index is 0.348. The zero-order chi connectivity index (χ0) is 12.1. The number of amides is 1. The van der Waals surface area contributed by atoms with Crippen LogP contribution >= 0.6 is 35.0 Å². The number of halogens is 2. The molecule has 0 aliphatic heterocycles. The summed E-state index contributed by atoms with van der Waals surface area (Å²) in [5.41, 5.74) is 5.20. The molecule has 1 aromatic rings. The standard InChI is InChI=1S/C10H12Cl2N2OS/c1-14-9(10(13)15)5-16-6-2-3-7(11)8(12)4-6/h2-4,9,14H,5H2,1H3,(H2,13,15). The van der Waals surface area contributed by atoms with Gasteiger partial charge in [-0.3, -0.25) is 4.79 Å². The molecule has 3 N–H and O–H groups in total. The monoisotopic (exact) mass is 278 g/mol. The van der Waals surface area contributed by atoms with E-state index in [9.17, 15) is 4.79 Å². The van der Waals surface area contributed by atoms with Gasteiger partial charge in [0.2, 0.25) is 5.91 Å². The average Bonchev–Trinajstić information content (AvgIpc) is 2.23. The second-order valence-electron chi connectivity index (χ2n) is 3.13. The van der Waals surface area contributed by atoms with Gasteiger partial charge in [-0.25, -0.2) is 0 Å². The number of likely N-dealkylation sites (N-methyl/N-ethyl adjacent to an activating group) is 1. The van der Waals surface area contributed by atoms with Gasteiger partial charge in [-0.1, -0.05) is 23.2 Å². The molecule has 1 aromatic carbocycles. The first-order valence-corrected chi connectivity index (χ1v) is 6.33. The van der Waals surface area contributed by atoms with Crippen molar-refractivity contribution in [3.8, 4) is 0 Å². The van der Waals surface area contributed by atoms with E-state index < -0.39 is 0 Å². The number of thioether (sulfide) groups is 1. The number of carbonyl (C=O) groups excluding carboxylic acids is 1. The maximum absolute atomic E-state index is 11.0. The molecule has 0 saturated heterocycles. The predicted molar refractivity (Wildman–Crippen MR) is 69.2 cm³/mol. The highest BCUT2D eigenvalue weighted by Gasteiger charge is 2.12. The van der Waals surface area contributed by atoms with Crippen LogP contribution in [0.4, 0.5) is 0 Å². The first kappa shape index (κ1) is 13.6. The van der Waals surface area contributed by atoms with Crippen LogP contribution in [0.5, 0.6) is 0 Å². The Morgan fingerprint density at radius 1 is 1.50 bits per heavy atom. The normalized spacial score (nSPS) is 12.4. The highest BCUT2D eigenvalue weighted by atomic mass is 35.5. The molecule has 1 amide bonds. The summed E-state index contributed by atoms with van der Waals surface area (Å²) in [4.78, 5) is 11.9. The molecule has 6 heteroatoms. The van der Waals surface area contributed by atoms with Crippen LogP contribution in [-0.4, -0.2) is 24.7 Å². The maximum atomic E-state index is 11.0. The fourth-order valence-corrected chi connectivity index (χ4v) is 2.47. The van der Waals surface area contributed by atoms with E-state index in [1.807, 2.05) is 6.07 Å². The third-order valence-electron chi connectivity index (χ3n) is 2.00. The second kappa shape index (κ2) is 6.35. The zero-order valence-electron chi connectivity index (χ0n) is 8.67. The van der Waals surface area contributed by atoms with Gasteiger partial charge in [-0.2, -0.15) is 0 Å². The fourth-order valence-electron chi connectivity index (χ4n) is 1.05. The van der Waals surface area contributed by atoms with Crippen LogP contribution in [0, 0.1) is 0 Å². The lowest BCUT2D eigenvalue weighted by atomic mass is 10.3. The van der Waals surface area contributed by atoms with Crippen LogP contribution in [-0.2, 0) is 4.79 Å².